The quantitative estimate of drug-likeness (QED) is 0.258. The number of hydrogen-bond donors (Lipinski definition) is 1. The molecule has 1 amide bonds. The highest BCUT2D eigenvalue weighted by atomic mass is 28.4. The fourth-order valence-corrected chi connectivity index (χ4v) is 7.11. The number of para-hydroxylation sites is 1. The molecule has 0 aromatic heterocycles. The van der Waals surface area contributed by atoms with Gasteiger partial charge in [0.2, 0.25) is 5.91 Å². The number of halogens is 2. The van der Waals surface area contributed by atoms with Crippen LogP contribution in [0.2, 0.25) is 18.1 Å². The van der Waals surface area contributed by atoms with Gasteiger partial charge in [-0.05, 0) is 72.9 Å². The van der Waals surface area contributed by atoms with Crippen molar-refractivity contribution in [3.63, 3.8) is 0 Å². The first-order valence-corrected chi connectivity index (χ1v) is 18.4. The Morgan fingerprint density at radius 3 is 2.38 bits per heavy atom. The second kappa shape index (κ2) is 12.7. The van der Waals surface area contributed by atoms with E-state index < -0.39 is 25.8 Å². The summed E-state index contributed by atoms with van der Waals surface area (Å²) >= 11 is 0. The number of benzene rings is 3. The van der Waals surface area contributed by atoms with Crippen LogP contribution >= 0.6 is 0 Å². The number of fused-ring (bicyclic) bond motifs is 1. The van der Waals surface area contributed by atoms with Crippen molar-refractivity contribution in [3.05, 3.63) is 83.4 Å². The number of carbonyl (C=O) groups excluding carboxylic acids is 1. The predicted octanol–water partition coefficient (Wildman–Crippen LogP) is 6.86. The van der Waals surface area contributed by atoms with Gasteiger partial charge in [-0.2, -0.15) is 0 Å². The number of anilines is 2. The lowest BCUT2D eigenvalue weighted by atomic mass is 9.89. The summed E-state index contributed by atoms with van der Waals surface area (Å²) in [4.78, 5) is 16.4. The first-order chi connectivity index (χ1) is 21.2. The zero-order valence-corrected chi connectivity index (χ0v) is 28.0. The van der Waals surface area contributed by atoms with Gasteiger partial charge in [-0.1, -0.05) is 45.0 Å². The molecule has 0 bridgehead atoms. The maximum atomic E-state index is 15.4. The average molecular weight is 639 g/mol. The molecule has 2 atom stereocenters. The highest BCUT2D eigenvalue weighted by Crippen LogP contribution is 2.42. The first-order valence-electron chi connectivity index (χ1n) is 15.5. The molecule has 7 nitrogen and oxygen atoms in total. The Morgan fingerprint density at radius 1 is 1.00 bits per heavy atom. The van der Waals surface area contributed by atoms with Gasteiger partial charge in [-0.3, -0.25) is 4.79 Å². The van der Waals surface area contributed by atoms with E-state index in [9.17, 15) is 14.3 Å². The van der Waals surface area contributed by atoms with Crippen LogP contribution in [0.1, 0.15) is 44.7 Å². The van der Waals surface area contributed by atoms with Crippen molar-refractivity contribution in [2.75, 3.05) is 36.6 Å². The van der Waals surface area contributed by atoms with Crippen LogP contribution in [0.5, 0.6) is 11.5 Å². The van der Waals surface area contributed by atoms with Gasteiger partial charge in [0.1, 0.15) is 35.3 Å². The minimum atomic E-state index is -2.36. The monoisotopic (exact) mass is 638 g/mol. The number of amides is 1. The minimum Gasteiger partial charge on any atom is -0.497 e. The number of hydrogen-bond acceptors (Lipinski definition) is 6. The number of rotatable bonds is 9. The highest BCUT2D eigenvalue weighted by molar-refractivity contribution is 6.74. The third-order valence-corrected chi connectivity index (χ3v) is 14.1. The van der Waals surface area contributed by atoms with Gasteiger partial charge in [0, 0.05) is 25.1 Å². The van der Waals surface area contributed by atoms with Gasteiger partial charge in [0.25, 0.3) is 0 Å². The van der Waals surface area contributed by atoms with Crippen LogP contribution in [0.15, 0.2) is 60.7 Å². The molecule has 0 unspecified atom stereocenters. The van der Waals surface area contributed by atoms with E-state index in [1.54, 1.807) is 43.5 Å². The van der Waals surface area contributed by atoms with E-state index in [1.165, 1.54) is 17.0 Å². The Morgan fingerprint density at radius 2 is 1.71 bits per heavy atom. The molecule has 10 heteroatoms. The van der Waals surface area contributed by atoms with Gasteiger partial charge in [0.15, 0.2) is 8.32 Å². The molecule has 3 aromatic rings. The molecule has 1 N–H and O–H groups in total. The van der Waals surface area contributed by atoms with Crippen molar-refractivity contribution in [3.8, 4) is 11.5 Å². The van der Waals surface area contributed by atoms with Crippen LogP contribution < -0.4 is 19.3 Å². The standard InChI is InChI=1S/C35H44F2N2O5Si/c1-34(2,3)45(5,6)44-31-22-38(29-10-8-7-9-27(29)36)20-19-35(31,41)23-43-30-17-16-28(37)33-26(30)15-18-32(40)39(33)21-24-11-13-25(42-4)14-12-24/h7-14,16-17,31,41H,15,18-23H2,1-6H3/t31-,35-/m1/s1. The van der Waals surface area contributed by atoms with E-state index in [0.717, 1.165) is 5.56 Å². The number of ether oxygens (including phenoxy) is 2. The van der Waals surface area contributed by atoms with Crippen LogP contribution in [-0.4, -0.2) is 57.8 Å². The zero-order chi connectivity index (χ0) is 32.6. The molecule has 242 valence electrons. The lowest BCUT2D eigenvalue weighted by Crippen LogP contribution is -2.63. The number of piperidine rings is 1. The summed E-state index contributed by atoms with van der Waals surface area (Å²) in [5.41, 5.74) is 0.724. The Bertz CT molecular complexity index is 1530. The fourth-order valence-electron chi connectivity index (χ4n) is 5.76. The molecule has 0 saturated carbocycles. The summed E-state index contributed by atoms with van der Waals surface area (Å²) < 4.78 is 48.6. The molecular formula is C35H44F2N2O5Si. The Labute approximate surface area is 265 Å². The number of nitrogens with zero attached hydrogens (tertiary/aromatic N) is 2. The number of carbonyl (C=O) groups is 1. The van der Waals surface area contributed by atoms with Crippen molar-refractivity contribution in [2.45, 2.75) is 76.4 Å². The van der Waals surface area contributed by atoms with E-state index in [4.69, 9.17) is 13.9 Å². The van der Waals surface area contributed by atoms with Crippen molar-refractivity contribution in [1.29, 1.82) is 0 Å². The zero-order valence-electron chi connectivity index (χ0n) is 27.0. The second-order valence-electron chi connectivity index (χ2n) is 13.6. The molecule has 3 aromatic carbocycles. The Kier molecular flexibility index (Phi) is 9.31. The molecule has 45 heavy (non-hydrogen) atoms. The smallest absolute Gasteiger partial charge is 0.227 e. The van der Waals surface area contributed by atoms with E-state index >= 15 is 4.39 Å². The van der Waals surface area contributed by atoms with Gasteiger partial charge in [-0.15, -0.1) is 0 Å². The molecule has 2 heterocycles. The van der Waals surface area contributed by atoms with Crippen LogP contribution in [0, 0.1) is 11.6 Å². The average Bonchev–Trinajstić information content (AvgIpc) is 2.99. The van der Waals surface area contributed by atoms with Crippen LogP contribution in [-0.2, 0) is 22.2 Å². The lowest BCUT2D eigenvalue weighted by Gasteiger charge is -2.49. The minimum absolute atomic E-state index is 0.0953. The largest absolute Gasteiger partial charge is 0.497 e. The predicted molar refractivity (Wildman–Crippen MR) is 175 cm³/mol. The van der Waals surface area contributed by atoms with E-state index in [2.05, 4.69) is 33.9 Å². The SMILES string of the molecule is COc1ccc(CN2C(=O)CCc3c(OC[C@]4(O)CCN(c5ccccc5F)C[C@H]4O[Si](C)(C)C(C)(C)C)ccc(F)c32)cc1. The molecule has 0 spiro atoms. The van der Waals surface area contributed by atoms with Crippen molar-refractivity contribution >= 4 is 25.6 Å². The normalized spacial score (nSPS) is 20.6. The van der Waals surface area contributed by atoms with E-state index in [1.807, 2.05) is 17.0 Å². The van der Waals surface area contributed by atoms with E-state index in [0.29, 0.717) is 42.3 Å². The third kappa shape index (κ3) is 6.88. The Hall–Kier alpha value is -3.47. The third-order valence-electron chi connectivity index (χ3n) is 9.56. The summed E-state index contributed by atoms with van der Waals surface area (Å²) in [6.07, 6.45) is 0.161. The van der Waals surface area contributed by atoms with Gasteiger partial charge < -0.3 is 28.8 Å². The molecule has 1 saturated heterocycles. The second-order valence-corrected chi connectivity index (χ2v) is 18.4. The molecular weight excluding hydrogens is 594 g/mol. The topological polar surface area (TPSA) is 71.5 Å². The van der Waals surface area contributed by atoms with Gasteiger partial charge >= 0.3 is 0 Å². The molecule has 2 aliphatic heterocycles. The first kappa shape index (κ1) is 32.9. The maximum Gasteiger partial charge on any atom is 0.227 e. The van der Waals surface area contributed by atoms with Crippen molar-refractivity contribution < 1.29 is 32.6 Å². The van der Waals surface area contributed by atoms with Crippen LogP contribution in [0.25, 0.3) is 0 Å². The summed E-state index contributed by atoms with van der Waals surface area (Å²) in [5, 5.41) is 12.0. The van der Waals surface area contributed by atoms with Crippen molar-refractivity contribution in [1.82, 2.24) is 0 Å². The highest BCUT2D eigenvalue weighted by Gasteiger charge is 2.49. The molecule has 0 radical (unpaired) electrons. The summed E-state index contributed by atoms with van der Waals surface area (Å²) in [5.74, 6) is 0.123. The molecule has 1 fully saturated rings. The fraction of sp³-hybridized carbons (Fsp3) is 0.457. The van der Waals surface area contributed by atoms with Crippen LogP contribution in [0.3, 0.4) is 0 Å². The van der Waals surface area contributed by atoms with Gasteiger partial charge in [-0.25, -0.2) is 8.78 Å². The summed E-state index contributed by atoms with van der Waals surface area (Å²) in [7, 11) is -0.778. The number of aliphatic hydroxyl groups is 1. The summed E-state index contributed by atoms with van der Waals surface area (Å²) in [6.45, 7) is 11.5. The molecule has 5 rings (SSSR count). The Balaban J connectivity index is 1.41. The number of methoxy groups -OCH3 is 1. The molecule has 0 aliphatic carbocycles. The van der Waals surface area contributed by atoms with Gasteiger partial charge in [0.05, 0.1) is 31.1 Å². The van der Waals surface area contributed by atoms with E-state index in [-0.39, 0.29) is 48.4 Å². The maximum absolute atomic E-state index is 15.4. The lowest BCUT2D eigenvalue weighted by molar-refractivity contribution is -0.119. The van der Waals surface area contributed by atoms with Crippen LogP contribution in [0.4, 0.5) is 20.2 Å². The summed E-state index contributed by atoms with van der Waals surface area (Å²) in [6, 6.07) is 16.8. The molecule has 2 aliphatic rings. The van der Waals surface area contributed by atoms with Crippen molar-refractivity contribution in [2.24, 2.45) is 0 Å².